The smallest absolute Gasteiger partial charge is 0.319 e. The lowest BCUT2D eigenvalue weighted by Gasteiger charge is -2.10. The summed E-state index contributed by atoms with van der Waals surface area (Å²) in [7, 11) is 0. The van der Waals surface area contributed by atoms with Crippen molar-refractivity contribution < 1.29 is 23.2 Å². The van der Waals surface area contributed by atoms with Crippen molar-refractivity contribution >= 4 is 29.3 Å². The van der Waals surface area contributed by atoms with Crippen LogP contribution < -0.4 is 5.32 Å². The highest BCUT2D eigenvalue weighted by Gasteiger charge is 2.18. The number of hydrogen-bond donors (Lipinski definition) is 1. The fourth-order valence-corrected chi connectivity index (χ4v) is 2.33. The lowest BCUT2D eigenvalue weighted by molar-refractivity contribution is -0.144. The molecule has 0 radical (unpaired) electrons. The van der Waals surface area contributed by atoms with Gasteiger partial charge in [0.1, 0.15) is 11.1 Å². The maximum absolute atomic E-state index is 12.8. The van der Waals surface area contributed by atoms with Gasteiger partial charge in [-0.15, -0.1) is 11.8 Å². The summed E-state index contributed by atoms with van der Waals surface area (Å²) >= 11 is 1.13. The van der Waals surface area contributed by atoms with Crippen LogP contribution in [0.2, 0.25) is 0 Å². The van der Waals surface area contributed by atoms with Crippen LogP contribution in [0.25, 0.3) is 0 Å². The molecule has 0 saturated heterocycles. The monoisotopic (exact) mass is 353 g/mol. The number of rotatable bonds is 7. The first kappa shape index (κ1) is 17.9. The number of benzene rings is 1. The van der Waals surface area contributed by atoms with E-state index in [0.29, 0.717) is 11.5 Å². The van der Waals surface area contributed by atoms with Gasteiger partial charge in [-0.3, -0.25) is 9.59 Å². The Morgan fingerprint density at radius 3 is 2.71 bits per heavy atom. The van der Waals surface area contributed by atoms with Crippen LogP contribution in [0.15, 0.2) is 28.8 Å². The van der Waals surface area contributed by atoms with E-state index in [1.165, 1.54) is 24.3 Å². The van der Waals surface area contributed by atoms with Crippen LogP contribution in [0.1, 0.15) is 18.6 Å². The molecule has 1 N–H and O–H groups in total. The zero-order chi connectivity index (χ0) is 17.5. The van der Waals surface area contributed by atoms with Gasteiger partial charge >= 0.3 is 5.97 Å². The summed E-state index contributed by atoms with van der Waals surface area (Å²) in [5, 5.41) is 5.66. The normalized spacial score (nSPS) is 11.8. The first-order valence-electron chi connectivity index (χ1n) is 7.07. The molecule has 1 heterocycles. The van der Waals surface area contributed by atoms with Crippen molar-refractivity contribution in [2.45, 2.75) is 25.7 Å². The van der Waals surface area contributed by atoms with Crippen LogP contribution >= 0.6 is 11.8 Å². The van der Waals surface area contributed by atoms with Crippen molar-refractivity contribution in [3.05, 3.63) is 41.8 Å². The van der Waals surface area contributed by atoms with E-state index in [1.54, 1.807) is 13.8 Å². The summed E-state index contributed by atoms with van der Waals surface area (Å²) in [5.41, 5.74) is 0.490. The third-order valence-corrected chi connectivity index (χ3v) is 3.95. The van der Waals surface area contributed by atoms with E-state index in [4.69, 9.17) is 9.26 Å². The molecule has 1 unspecified atom stereocenters. The molecule has 1 amide bonds. The van der Waals surface area contributed by atoms with Crippen LogP contribution in [0.4, 0.5) is 10.1 Å². The number of ether oxygens (including phenoxy) is 1. The SMILES string of the molecule is Cc1noc(COC(=O)C(C)SCC(=O)Nc2ccc(F)cc2)n1. The highest BCUT2D eigenvalue weighted by atomic mass is 32.2. The van der Waals surface area contributed by atoms with Gasteiger partial charge in [-0.1, -0.05) is 5.16 Å². The van der Waals surface area contributed by atoms with Crippen molar-refractivity contribution in [3.63, 3.8) is 0 Å². The fourth-order valence-electron chi connectivity index (χ4n) is 1.65. The molecular formula is C15H16FN3O4S. The van der Waals surface area contributed by atoms with E-state index in [9.17, 15) is 14.0 Å². The number of amides is 1. The Hall–Kier alpha value is -2.42. The Balaban J connectivity index is 1.71. The number of aryl methyl sites for hydroxylation is 1. The Bertz CT molecular complexity index is 705. The van der Waals surface area contributed by atoms with Crippen LogP contribution in [-0.4, -0.2) is 33.0 Å². The quantitative estimate of drug-likeness (QED) is 0.763. The van der Waals surface area contributed by atoms with Gasteiger partial charge in [-0.05, 0) is 38.1 Å². The molecule has 0 aliphatic carbocycles. The maximum Gasteiger partial charge on any atom is 0.319 e. The van der Waals surface area contributed by atoms with Crippen molar-refractivity contribution in [2.24, 2.45) is 0 Å². The van der Waals surface area contributed by atoms with E-state index in [-0.39, 0.29) is 30.0 Å². The van der Waals surface area contributed by atoms with Gasteiger partial charge < -0.3 is 14.6 Å². The van der Waals surface area contributed by atoms with Gasteiger partial charge in [0.2, 0.25) is 5.91 Å². The average molecular weight is 353 g/mol. The molecular weight excluding hydrogens is 337 g/mol. The lowest BCUT2D eigenvalue weighted by atomic mass is 10.3. The third kappa shape index (κ3) is 5.65. The highest BCUT2D eigenvalue weighted by Crippen LogP contribution is 2.14. The Morgan fingerprint density at radius 1 is 1.38 bits per heavy atom. The van der Waals surface area contributed by atoms with Crippen LogP contribution in [0, 0.1) is 12.7 Å². The Kier molecular flexibility index (Phi) is 6.30. The highest BCUT2D eigenvalue weighted by molar-refractivity contribution is 8.01. The molecule has 0 aliphatic rings. The van der Waals surface area contributed by atoms with Gasteiger partial charge in [0.05, 0.1) is 5.75 Å². The summed E-state index contributed by atoms with van der Waals surface area (Å²) in [6.45, 7) is 3.19. The minimum atomic E-state index is -0.534. The maximum atomic E-state index is 12.8. The summed E-state index contributed by atoms with van der Waals surface area (Å²) in [6, 6.07) is 5.42. The number of carbonyl (C=O) groups excluding carboxylic acids is 2. The predicted molar refractivity (Wildman–Crippen MR) is 85.8 cm³/mol. The third-order valence-electron chi connectivity index (χ3n) is 2.83. The Labute approximate surface area is 142 Å². The molecule has 2 rings (SSSR count). The molecule has 24 heavy (non-hydrogen) atoms. The van der Waals surface area contributed by atoms with Crippen LogP contribution in [0.5, 0.6) is 0 Å². The van der Waals surface area contributed by atoms with Crippen molar-refractivity contribution in [3.8, 4) is 0 Å². The van der Waals surface area contributed by atoms with Gasteiger partial charge in [0, 0.05) is 5.69 Å². The summed E-state index contributed by atoms with van der Waals surface area (Å²) < 4.78 is 22.6. The topological polar surface area (TPSA) is 94.3 Å². The molecule has 0 saturated carbocycles. The van der Waals surface area contributed by atoms with Gasteiger partial charge in [-0.25, -0.2) is 4.39 Å². The van der Waals surface area contributed by atoms with Gasteiger partial charge in [0.15, 0.2) is 12.4 Å². The molecule has 128 valence electrons. The molecule has 1 atom stereocenters. The molecule has 0 aliphatic heterocycles. The molecule has 0 spiro atoms. The lowest BCUT2D eigenvalue weighted by Crippen LogP contribution is -2.21. The number of carbonyl (C=O) groups is 2. The average Bonchev–Trinajstić information content (AvgIpc) is 2.98. The summed E-state index contributed by atoms with van der Waals surface area (Å²) in [6.07, 6.45) is 0. The Morgan fingerprint density at radius 2 is 2.08 bits per heavy atom. The van der Waals surface area contributed by atoms with Crippen molar-refractivity contribution in [1.29, 1.82) is 0 Å². The van der Waals surface area contributed by atoms with E-state index < -0.39 is 11.2 Å². The zero-order valence-corrected chi connectivity index (χ0v) is 13.9. The number of halogens is 1. The molecule has 0 fully saturated rings. The minimum absolute atomic E-state index is 0.0628. The molecule has 9 heteroatoms. The first-order valence-corrected chi connectivity index (χ1v) is 8.12. The minimum Gasteiger partial charge on any atom is -0.455 e. The van der Waals surface area contributed by atoms with Crippen LogP contribution in [-0.2, 0) is 20.9 Å². The number of aromatic nitrogens is 2. The zero-order valence-electron chi connectivity index (χ0n) is 13.1. The number of nitrogens with one attached hydrogen (secondary N) is 1. The standard InChI is InChI=1S/C15H16FN3O4S/c1-9(15(21)22-7-14-17-10(2)19-23-14)24-8-13(20)18-12-5-3-11(16)4-6-12/h3-6,9H,7-8H2,1-2H3,(H,18,20). The first-order chi connectivity index (χ1) is 11.4. The fraction of sp³-hybridized carbons (Fsp3) is 0.333. The number of esters is 1. The van der Waals surface area contributed by atoms with Gasteiger partial charge in [0.25, 0.3) is 5.89 Å². The molecule has 1 aromatic carbocycles. The number of hydrogen-bond acceptors (Lipinski definition) is 7. The predicted octanol–water partition coefficient (Wildman–Crippen LogP) is 2.32. The second kappa shape index (κ2) is 8.44. The second-order valence-electron chi connectivity index (χ2n) is 4.85. The number of nitrogens with zero attached hydrogens (tertiary/aromatic N) is 2. The van der Waals surface area contributed by atoms with E-state index >= 15 is 0 Å². The van der Waals surface area contributed by atoms with Gasteiger partial charge in [-0.2, -0.15) is 4.98 Å². The second-order valence-corrected chi connectivity index (χ2v) is 6.18. The summed E-state index contributed by atoms with van der Waals surface area (Å²) in [4.78, 5) is 27.5. The number of thioether (sulfide) groups is 1. The molecule has 7 nitrogen and oxygen atoms in total. The van der Waals surface area contributed by atoms with Crippen molar-refractivity contribution in [2.75, 3.05) is 11.1 Å². The largest absolute Gasteiger partial charge is 0.455 e. The molecule has 2 aromatic rings. The summed E-state index contributed by atoms with van der Waals surface area (Å²) in [5.74, 6) is -0.416. The van der Waals surface area contributed by atoms with Crippen LogP contribution in [0.3, 0.4) is 0 Å². The molecule has 0 bridgehead atoms. The van der Waals surface area contributed by atoms with E-state index in [2.05, 4.69) is 15.5 Å². The van der Waals surface area contributed by atoms with E-state index in [0.717, 1.165) is 11.8 Å². The van der Waals surface area contributed by atoms with Crippen molar-refractivity contribution in [1.82, 2.24) is 10.1 Å². The van der Waals surface area contributed by atoms with E-state index in [1.807, 2.05) is 0 Å². The molecule has 1 aromatic heterocycles. The number of anilines is 1.